The van der Waals surface area contributed by atoms with E-state index in [9.17, 15) is 14.4 Å². The third-order valence-corrected chi connectivity index (χ3v) is 6.09. The highest BCUT2D eigenvalue weighted by atomic mass is 16.2. The number of hydrogen-bond acceptors (Lipinski definition) is 4. The molecule has 3 aliphatic rings. The molecule has 156 valence electrons. The SMILES string of the molecule is NC(=O)C1CCCN(C(=O)CN(Cc2ccc(C(=O)NC3CC3)cc2)C2CC2)C1. The Labute approximate surface area is 171 Å². The molecule has 4 rings (SSSR count). The van der Waals surface area contributed by atoms with Gasteiger partial charge in [0.2, 0.25) is 11.8 Å². The first-order valence-electron chi connectivity index (χ1n) is 10.7. The maximum Gasteiger partial charge on any atom is 0.251 e. The molecule has 7 nitrogen and oxygen atoms in total. The van der Waals surface area contributed by atoms with Gasteiger partial charge in [0.25, 0.3) is 5.91 Å². The summed E-state index contributed by atoms with van der Waals surface area (Å²) in [5.41, 5.74) is 7.22. The van der Waals surface area contributed by atoms with Gasteiger partial charge in [-0.3, -0.25) is 19.3 Å². The van der Waals surface area contributed by atoms with Crippen LogP contribution in [0.25, 0.3) is 0 Å². The number of piperidine rings is 1. The van der Waals surface area contributed by atoms with E-state index in [0.717, 1.165) is 44.1 Å². The van der Waals surface area contributed by atoms with Crippen molar-refractivity contribution in [3.63, 3.8) is 0 Å². The Morgan fingerprint density at radius 3 is 2.41 bits per heavy atom. The van der Waals surface area contributed by atoms with E-state index in [-0.39, 0.29) is 23.6 Å². The first kappa shape index (κ1) is 19.9. The van der Waals surface area contributed by atoms with Crippen LogP contribution in [0.2, 0.25) is 0 Å². The summed E-state index contributed by atoms with van der Waals surface area (Å²) in [5.74, 6) is -0.477. The van der Waals surface area contributed by atoms with Crippen molar-refractivity contribution in [2.45, 2.75) is 57.2 Å². The van der Waals surface area contributed by atoms with E-state index >= 15 is 0 Å². The van der Waals surface area contributed by atoms with Crippen molar-refractivity contribution in [3.05, 3.63) is 35.4 Å². The minimum Gasteiger partial charge on any atom is -0.369 e. The zero-order chi connectivity index (χ0) is 20.4. The Kier molecular flexibility index (Phi) is 5.85. The van der Waals surface area contributed by atoms with Gasteiger partial charge in [0.05, 0.1) is 12.5 Å². The van der Waals surface area contributed by atoms with E-state index in [1.54, 1.807) is 4.90 Å². The molecule has 7 heteroatoms. The molecule has 2 aliphatic carbocycles. The molecule has 1 aromatic carbocycles. The Morgan fingerprint density at radius 1 is 1.07 bits per heavy atom. The maximum atomic E-state index is 12.8. The van der Waals surface area contributed by atoms with Crippen LogP contribution in [0.1, 0.15) is 54.4 Å². The van der Waals surface area contributed by atoms with E-state index in [4.69, 9.17) is 5.73 Å². The standard InChI is InChI=1S/C22H30N4O3/c23-21(28)17-2-1-11-25(13-17)20(27)14-26(19-9-10-19)12-15-3-5-16(6-4-15)22(29)24-18-7-8-18/h3-6,17-19H,1-2,7-14H2,(H2,23,28)(H,24,29). The molecule has 1 saturated heterocycles. The van der Waals surface area contributed by atoms with Crippen LogP contribution in [0.15, 0.2) is 24.3 Å². The van der Waals surface area contributed by atoms with Crippen molar-refractivity contribution in [1.82, 2.24) is 15.1 Å². The number of benzene rings is 1. The quantitative estimate of drug-likeness (QED) is 0.689. The third-order valence-electron chi connectivity index (χ3n) is 6.09. The van der Waals surface area contributed by atoms with Crippen molar-refractivity contribution in [2.75, 3.05) is 19.6 Å². The lowest BCUT2D eigenvalue weighted by molar-refractivity contribution is -0.136. The van der Waals surface area contributed by atoms with Crippen molar-refractivity contribution in [3.8, 4) is 0 Å². The summed E-state index contributed by atoms with van der Waals surface area (Å²) in [7, 11) is 0. The Bertz CT molecular complexity index is 771. The number of hydrogen-bond donors (Lipinski definition) is 2. The molecular formula is C22H30N4O3. The Morgan fingerprint density at radius 2 is 1.79 bits per heavy atom. The minimum atomic E-state index is -0.313. The van der Waals surface area contributed by atoms with Crippen LogP contribution in [0.4, 0.5) is 0 Å². The molecule has 1 heterocycles. The molecule has 3 N–H and O–H groups in total. The zero-order valence-electron chi connectivity index (χ0n) is 16.8. The average Bonchev–Trinajstić information content (AvgIpc) is 3.62. The summed E-state index contributed by atoms with van der Waals surface area (Å²) < 4.78 is 0. The molecule has 1 aromatic rings. The molecule has 0 aromatic heterocycles. The highest BCUT2D eigenvalue weighted by molar-refractivity contribution is 5.94. The van der Waals surface area contributed by atoms with Crippen LogP contribution in [-0.2, 0) is 16.1 Å². The first-order chi connectivity index (χ1) is 14.0. The summed E-state index contributed by atoms with van der Waals surface area (Å²) in [4.78, 5) is 40.5. The molecule has 0 bridgehead atoms. The molecule has 3 amide bonds. The highest BCUT2D eigenvalue weighted by Crippen LogP contribution is 2.29. The normalized spacial score (nSPS) is 21.8. The number of nitrogens with zero attached hydrogens (tertiary/aromatic N) is 2. The molecule has 1 atom stereocenters. The minimum absolute atomic E-state index is 0.0117. The molecule has 1 unspecified atom stereocenters. The smallest absolute Gasteiger partial charge is 0.251 e. The number of amides is 3. The van der Waals surface area contributed by atoms with Gasteiger partial charge in [-0.25, -0.2) is 0 Å². The van der Waals surface area contributed by atoms with Crippen LogP contribution >= 0.6 is 0 Å². The van der Waals surface area contributed by atoms with E-state index in [1.165, 1.54) is 0 Å². The van der Waals surface area contributed by atoms with Crippen molar-refractivity contribution >= 4 is 17.7 Å². The van der Waals surface area contributed by atoms with Crippen LogP contribution in [0.5, 0.6) is 0 Å². The van der Waals surface area contributed by atoms with Gasteiger partial charge in [0, 0.05) is 37.3 Å². The molecule has 3 fully saturated rings. The van der Waals surface area contributed by atoms with E-state index < -0.39 is 0 Å². The number of rotatable bonds is 8. The fraction of sp³-hybridized carbons (Fsp3) is 0.591. The topological polar surface area (TPSA) is 95.7 Å². The van der Waals surface area contributed by atoms with Gasteiger partial charge in [0.15, 0.2) is 0 Å². The van der Waals surface area contributed by atoms with Gasteiger partial charge in [0.1, 0.15) is 0 Å². The molecule has 0 spiro atoms. The third kappa shape index (κ3) is 5.35. The second-order valence-electron chi connectivity index (χ2n) is 8.66. The summed E-state index contributed by atoms with van der Waals surface area (Å²) in [6.45, 7) is 2.19. The van der Waals surface area contributed by atoms with Crippen molar-refractivity contribution in [1.29, 1.82) is 0 Å². The van der Waals surface area contributed by atoms with Gasteiger partial charge in [-0.05, 0) is 56.2 Å². The van der Waals surface area contributed by atoms with Gasteiger partial charge in [-0.1, -0.05) is 12.1 Å². The van der Waals surface area contributed by atoms with Crippen LogP contribution in [0.3, 0.4) is 0 Å². The number of nitrogens with two attached hydrogens (primary N) is 1. The number of carbonyl (C=O) groups excluding carboxylic acids is 3. The van der Waals surface area contributed by atoms with Crippen LogP contribution < -0.4 is 11.1 Å². The number of likely N-dealkylation sites (tertiary alicyclic amines) is 1. The lowest BCUT2D eigenvalue weighted by atomic mass is 9.97. The second kappa shape index (κ2) is 8.53. The lowest BCUT2D eigenvalue weighted by Crippen LogP contribution is -2.47. The van der Waals surface area contributed by atoms with Crippen molar-refractivity contribution < 1.29 is 14.4 Å². The zero-order valence-corrected chi connectivity index (χ0v) is 16.8. The van der Waals surface area contributed by atoms with Gasteiger partial charge in [-0.15, -0.1) is 0 Å². The van der Waals surface area contributed by atoms with E-state index in [1.807, 2.05) is 24.3 Å². The second-order valence-corrected chi connectivity index (χ2v) is 8.66. The van der Waals surface area contributed by atoms with Gasteiger partial charge >= 0.3 is 0 Å². The number of primary amides is 1. The fourth-order valence-corrected chi connectivity index (χ4v) is 3.96. The largest absolute Gasteiger partial charge is 0.369 e. The summed E-state index contributed by atoms with van der Waals surface area (Å²) in [5, 5.41) is 3.00. The van der Waals surface area contributed by atoms with E-state index in [2.05, 4.69) is 10.2 Å². The lowest BCUT2D eigenvalue weighted by Gasteiger charge is -2.33. The summed E-state index contributed by atoms with van der Waals surface area (Å²) in [6.07, 6.45) is 5.97. The molecule has 2 saturated carbocycles. The number of carbonyl (C=O) groups is 3. The van der Waals surface area contributed by atoms with Gasteiger partial charge in [-0.2, -0.15) is 0 Å². The fourth-order valence-electron chi connectivity index (χ4n) is 3.96. The summed E-state index contributed by atoms with van der Waals surface area (Å²) >= 11 is 0. The molecule has 29 heavy (non-hydrogen) atoms. The first-order valence-corrected chi connectivity index (χ1v) is 10.7. The molecular weight excluding hydrogens is 368 g/mol. The molecule has 1 aliphatic heterocycles. The molecule has 0 radical (unpaired) electrons. The average molecular weight is 399 g/mol. The Balaban J connectivity index is 1.33. The monoisotopic (exact) mass is 398 g/mol. The van der Waals surface area contributed by atoms with Crippen LogP contribution in [-0.4, -0.2) is 59.2 Å². The summed E-state index contributed by atoms with van der Waals surface area (Å²) in [6, 6.07) is 8.47. The Hall–Kier alpha value is -2.41. The van der Waals surface area contributed by atoms with E-state index in [0.29, 0.717) is 43.8 Å². The number of nitrogens with one attached hydrogen (secondary N) is 1. The van der Waals surface area contributed by atoms with Gasteiger partial charge < -0.3 is 16.0 Å². The predicted molar refractivity (Wildman–Crippen MR) is 109 cm³/mol. The maximum absolute atomic E-state index is 12.8. The van der Waals surface area contributed by atoms with Crippen molar-refractivity contribution in [2.24, 2.45) is 11.7 Å². The van der Waals surface area contributed by atoms with Crippen LogP contribution in [0, 0.1) is 5.92 Å². The predicted octanol–water partition coefficient (Wildman–Crippen LogP) is 1.27. The highest BCUT2D eigenvalue weighted by Gasteiger charge is 2.33.